The van der Waals surface area contributed by atoms with Gasteiger partial charge in [0.25, 0.3) is 0 Å². The van der Waals surface area contributed by atoms with Gasteiger partial charge in [0.15, 0.2) is 0 Å². The maximum Gasteiger partial charge on any atom is 0.140 e. The standard InChI is InChI=1S/C15H19N3.C8H8N2O.C7H10N2.CH4/c16-15-13-5-2-6-14(12(13)8-10-18-15)17-9-7-11-3-1-4-11;1-11-7-2-4-10-5-3-9-8(10)6-7;1-5-3-4-9-7(8)6(5)2;/h2,5-6,8,10-11,17H,1,3-4,7,9H2,(H2,16,18);2-6H,1H3;3-4H,1-2H3,(H2,8,9);1H4. The lowest BCUT2D eigenvalue weighted by Crippen LogP contribution is -2.15. The van der Waals surface area contributed by atoms with Gasteiger partial charge in [-0.2, -0.15) is 0 Å². The number of nitrogens with zero attached hydrogens (tertiary/aromatic N) is 4. The second-order valence-electron chi connectivity index (χ2n) is 9.51. The van der Waals surface area contributed by atoms with E-state index in [1.165, 1.54) is 42.3 Å². The maximum absolute atomic E-state index is 5.89. The zero-order valence-corrected chi connectivity index (χ0v) is 22.4. The number of rotatable bonds is 5. The summed E-state index contributed by atoms with van der Waals surface area (Å²) in [6.45, 7) is 5.04. The van der Waals surface area contributed by atoms with E-state index in [0.717, 1.165) is 34.8 Å². The van der Waals surface area contributed by atoms with Crippen LogP contribution in [0.2, 0.25) is 0 Å². The Kier molecular flexibility index (Phi) is 10.5. The summed E-state index contributed by atoms with van der Waals surface area (Å²) >= 11 is 0. The fraction of sp³-hybridized carbons (Fsp3) is 0.323. The molecule has 0 unspecified atom stereocenters. The van der Waals surface area contributed by atoms with E-state index in [2.05, 4.69) is 26.3 Å². The molecule has 0 amide bonds. The van der Waals surface area contributed by atoms with Gasteiger partial charge in [-0.05, 0) is 61.6 Å². The number of benzene rings is 1. The van der Waals surface area contributed by atoms with Gasteiger partial charge >= 0.3 is 0 Å². The predicted molar refractivity (Wildman–Crippen MR) is 163 cm³/mol. The van der Waals surface area contributed by atoms with Gasteiger partial charge in [-0.3, -0.25) is 0 Å². The molecule has 8 nitrogen and oxygen atoms in total. The van der Waals surface area contributed by atoms with E-state index < -0.39 is 0 Å². The van der Waals surface area contributed by atoms with Crippen molar-refractivity contribution < 1.29 is 4.74 Å². The summed E-state index contributed by atoms with van der Waals surface area (Å²) in [6, 6.07) is 13.9. The number of ether oxygens (including phenoxy) is 1. The van der Waals surface area contributed by atoms with E-state index in [1.807, 2.05) is 67.0 Å². The van der Waals surface area contributed by atoms with Crippen molar-refractivity contribution in [2.75, 3.05) is 30.4 Å². The van der Waals surface area contributed by atoms with Crippen LogP contribution < -0.4 is 21.5 Å². The zero-order chi connectivity index (χ0) is 26.9. The third kappa shape index (κ3) is 7.60. The van der Waals surface area contributed by atoms with Gasteiger partial charge in [0.1, 0.15) is 23.0 Å². The molecule has 0 atom stereocenters. The number of nitrogens with one attached hydrogen (secondary N) is 1. The Morgan fingerprint density at radius 2 is 1.69 bits per heavy atom. The van der Waals surface area contributed by atoms with Crippen LogP contribution in [-0.2, 0) is 0 Å². The molecule has 206 valence electrons. The Hall–Kier alpha value is -4.33. The molecule has 0 spiro atoms. The smallest absolute Gasteiger partial charge is 0.140 e. The van der Waals surface area contributed by atoms with Crippen LogP contribution in [0.15, 0.2) is 73.4 Å². The van der Waals surface area contributed by atoms with Crippen LogP contribution in [-0.4, -0.2) is 33.0 Å². The van der Waals surface area contributed by atoms with Crippen molar-refractivity contribution >= 4 is 33.7 Å². The minimum absolute atomic E-state index is 0. The topological polar surface area (TPSA) is 116 Å². The summed E-state index contributed by atoms with van der Waals surface area (Å²) in [4.78, 5) is 12.2. The third-order valence-corrected chi connectivity index (χ3v) is 7.05. The number of aromatic nitrogens is 4. The minimum atomic E-state index is 0. The summed E-state index contributed by atoms with van der Waals surface area (Å²) in [7, 11) is 1.65. The highest BCUT2D eigenvalue weighted by atomic mass is 16.5. The number of nitrogen functional groups attached to an aromatic ring is 2. The SMILES string of the molecule is C.COc1ccn2ccnc2c1.Cc1ccnc(N)c1C.Nc1nccc2c(NCCC3CCC3)cccc12. The minimum Gasteiger partial charge on any atom is -0.497 e. The Morgan fingerprint density at radius 3 is 2.38 bits per heavy atom. The van der Waals surface area contributed by atoms with E-state index in [4.69, 9.17) is 16.2 Å². The molecule has 8 heteroatoms. The van der Waals surface area contributed by atoms with E-state index in [0.29, 0.717) is 11.6 Å². The Labute approximate surface area is 231 Å². The van der Waals surface area contributed by atoms with Crippen molar-refractivity contribution in [1.82, 2.24) is 19.4 Å². The molecule has 6 rings (SSSR count). The Morgan fingerprint density at radius 1 is 0.923 bits per heavy atom. The van der Waals surface area contributed by atoms with Gasteiger partial charge in [-0.1, -0.05) is 38.8 Å². The first-order chi connectivity index (χ1) is 18.5. The van der Waals surface area contributed by atoms with Crippen LogP contribution >= 0.6 is 0 Å². The number of fused-ring (bicyclic) bond motifs is 2. The first kappa shape index (κ1) is 29.2. The van der Waals surface area contributed by atoms with Gasteiger partial charge in [-0.15, -0.1) is 0 Å². The highest BCUT2D eigenvalue weighted by molar-refractivity contribution is 5.99. The van der Waals surface area contributed by atoms with Gasteiger partial charge < -0.3 is 25.9 Å². The van der Waals surface area contributed by atoms with Gasteiger partial charge in [0, 0.05) is 60.1 Å². The summed E-state index contributed by atoms with van der Waals surface area (Å²) in [5, 5.41) is 5.73. The monoisotopic (exact) mass is 527 g/mol. The highest BCUT2D eigenvalue weighted by Gasteiger charge is 2.16. The van der Waals surface area contributed by atoms with Crippen LogP contribution in [0, 0.1) is 19.8 Å². The fourth-order valence-corrected chi connectivity index (χ4v) is 4.25. The number of aryl methyl sites for hydroxylation is 1. The van der Waals surface area contributed by atoms with Crippen molar-refractivity contribution in [3.05, 3.63) is 84.6 Å². The number of anilines is 3. The average molecular weight is 528 g/mol. The van der Waals surface area contributed by atoms with E-state index in [9.17, 15) is 0 Å². The number of nitrogens with two attached hydrogens (primary N) is 2. The number of methoxy groups -OCH3 is 1. The molecule has 1 fully saturated rings. The second-order valence-corrected chi connectivity index (χ2v) is 9.51. The van der Waals surface area contributed by atoms with Crippen LogP contribution in [0.1, 0.15) is 44.2 Å². The van der Waals surface area contributed by atoms with E-state index in [1.54, 1.807) is 25.7 Å². The fourth-order valence-electron chi connectivity index (χ4n) is 4.25. The molecule has 1 aliphatic carbocycles. The summed E-state index contributed by atoms with van der Waals surface area (Å²) < 4.78 is 6.97. The third-order valence-electron chi connectivity index (χ3n) is 7.05. The van der Waals surface area contributed by atoms with Crippen molar-refractivity contribution in [1.29, 1.82) is 0 Å². The van der Waals surface area contributed by atoms with Crippen LogP contribution in [0.5, 0.6) is 5.75 Å². The van der Waals surface area contributed by atoms with E-state index >= 15 is 0 Å². The normalized spacial score (nSPS) is 12.3. The van der Waals surface area contributed by atoms with Gasteiger partial charge in [-0.25, -0.2) is 15.0 Å². The largest absolute Gasteiger partial charge is 0.497 e. The number of hydrogen-bond acceptors (Lipinski definition) is 7. The molecule has 4 heterocycles. The number of imidazole rings is 1. The quantitative estimate of drug-likeness (QED) is 0.233. The summed E-state index contributed by atoms with van der Waals surface area (Å²) in [6.07, 6.45) is 14.6. The van der Waals surface area contributed by atoms with Crippen LogP contribution in [0.4, 0.5) is 17.3 Å². The molecular formula is C31H41N7O. The van der Waals surface area contributed by atoms with Crippen molar-refractivity contribution in [2.45, 2.75) is 47.0 Å². The zero-order valence-electron chi connectivity index (χ0n) is 22.4. The van der Waals surface area contributed by atoms with Crippen molar-refractivity contribution in [2.24, 2.45) is 5.92 Å². The first-order valence-electron chi connectivity index (χ1n) is 13.0. The molecule has 1 saturated carbocycles. The molecule has 5 aromatic rings. The molecule has 5 N–H and O–H groups in total. The molecule has 39 heavy (non-hydrogen) atoms. The molecule has 0 radical (unpaired) electrons. The molecule has 1 aliphatic rings. The molecule has 0 aliphatic heterocycles. The highest BCUT2D eigenvalue weighted by Crippen LogP contribution is 2.30. The molecule has 0 saturated heterocycles. The number of pyridine rings is 3. The predicted octanol–water partition coefficient (Wildman–Crippen LogP) is 6.68. The van der Waals surface area contributed by atoms with Gasteiger partial charge in [0.05, 0.1) is 7.11 Å². The lowest BCUT2D eigenvalue weighted by atomic mass is 9.83. The lowest BCUT2D eigenvalue weighted by molar-refractivity contribution is 0.303. The Bertz CT molecular complexity index is 1460. The second kappa shape index (κ2) is 14.0. The molecule has 4 aromatic heterocycles. The Balaban J connectivity index is 0.000000172. The number of hydrogen-bond donors (Lipinski definition) is 3. The molecular weight excluding hydrogens is 486 g/mol. The van der Waals surface area contributed by atoms with Crippen molar-refractivity contribution in [3.63, 3.8) is 0 Å². The van der Waals surface area contributed by atoms with Crippen molar-refractivity contribution in [3.8, 4) is 5.75 Å². The summed E-state index contributed by atoms with van der Waals surface area (Å²) in [5.74, 6) is 3.02. The molecule has 1 aromatic carbocycles. The average Bonchev–Trinajstić information content (AvgIpc) is 3.38. The van der Waals surface area contributed by atoms with Crippen LogP contribution in [0.25, 0.3) is 16.4 Å². The van der Waals surface area contributed by atoms with Crippen LogP contribution in [0.3, 0.4) is 0 Å². The van der Waals surface area contributed by atoms with Gasteiger partial charge in [0.2, 0.25) is 0 Å². The maximum atomic E-state index is 5.89. The molecule has 0 bridgehead atoms. The van der Waals surface area contributed by atoms with E-state index in [-0.39, 0.29) is 7.43 Å². The summed E-state index contributed by atoms with van der Waals surface area (Å²) in [5.41, 5.74) is 15.8. The first-order valence-corrected chi connectivity index (χ1v) is 13.0. The lowest BCUT2D eigenvalue weighted by Gasteiger charge is -2.25.